The topological polar surface area (TPSA) is 124 Å². The molecular weight excluding hydrogens is 332 g/mol. The fourth-order valence-corrected chi connectivity index (χ4v) is 3.05. The molecule has 8 nitrogen and oxygen atoms in total. The van der Waals surface area contributed by atoms with Crippen molar-refractivity contribution >= 4 is 45.9 Å². The summed E-state index contributed by atoms with van der Waals surface area (Å²) in [6.07, 6.45) is 2.64. The van der Waals surface area contributed by atoms with E-state index < -0.39 is 17.1 Å². The molecular formula is C15H12N4O4S. The first kappa shape index (κ1) is 15.9. The third-order valence-corrected chi connectivity index (χ3v) is 4.33. The van der Waals surface area contributed by atoms with Gasteiger partial charge in [-0.1, -0.05) is 23.9 Å². The normalized spacial score (nSPS) is 19.2. The van der Waals surface area contributed by atoms with Gasteiger partial charge < -0.3 is 15.5 Å². The number of rotatable bonds is 4. The second-order valence-electron chi connectivity index (χ2n) is 4.92. The molecule has 122 valence electrons. The van der Waals surface area contributed by atoms with E-state index in [1.54, 1.807) is 24.4 Å². The Morgan fingerprint density at radius 1 is 1.42 bits per heavy atom. The summed E-state index contributed by atoms with van der Waals surface area (Å²) in [5, 5.41) is 29.3. The van der Waals surface area contributed by atoms with Gasteiger partial charge in [0, 0.05) is 17.1 Å². The lowest BCUT2D eigenvalue weighted by molar-refractivity contribution is -0.138. The van der Waals surface area contributed by atoms with Gasteiger partial charge in [0.15, 0.2) is 10.9 Å². The van der Waals surface area contributed by atoms with Crippen molar-refractivity contribution in [3.05, 3.63) is 36.0 Å². The Hall–Kier alpha value is -2.94. The number of carboxylic acids is 1. The number of benzene rings is 1. The zero-order chi connectivity index (χ0) is 17.1. The molecule has 0 bridgehead atoms. The maximum Gasteiger partial charge on any atom is 0.305 e. The molecule has 0 saturated carbocycles. The largest absolute Gasteiger partial charge is 0.505 e. The van der Waals surface area contributed by atoms with Gasteiger partial charge in [-0.05, 0) is 12.1 Å². The van der Waals surface area contributed by atoms with E-state index in [1.807, 2.05) is 6.07 Å². The summed E-state index contributed by atoms with van der Waals surface area (Å²) >= 11 is 1.01. The minimum Gasteiger partial charge on any atom is -0.505 e. The SMILES string of the molecule is O=C(O)CC1SC(=NN=Cc2ccc3cccnc3c2O)NC1=O. The minimum absolute atomic E-state index is 0.0103. The standard InChI is InChI=1S/C15H12N4O4S/c20-11(21)6-10-14(23)18-15(24-10)19-17-7-9-4-3-8-2-1-5-16-12(8)13(9)22/h1-5,7,10,22H,6H2,(H,20,21)(H,18,19,23). The smallest absolute Gasteiger partial charge is 0.305 e. The summed E-state index contributed by atoms with van der Waals surface area (Å²) in [5.74, 6) is -1.47. The number of amidine groups is 1. The van der Waals surface area contributed by atoms with Gasteiger partial charge in [-0.15, -0.1) is 5.10 Å². The van der Waals surface area contributed by atoms with Crippen molar-refractivity contribution in [3.8, 4) is 5.75 Å². The number of nitrogens with one attached hydrogen (secondary N) is 1. The van der Waals surface area contributed by atoms with Crippen molar-refractivity contribution in [1.29, 1.82) is 0 Å². The summed E-state index contributed by atoms with van der Waals surface area (Å²) in [7, 11) is 0. The number of carbonyl (C=O) groups is 2. The number of aromatic hydroxyl groups is 1. The van der Waals surface area contributed by atoms with Gasteiger partial charge in [-0.25, -0.2) is 0 Å². The average Bonchev–Trinajstić information content (AvgIpc) is 2.89. The van der Waals surface area contributed by atoms with Gasteiger partial charge in [0.1, 0.15) is 10.8 Å². The number of pyridine rings is 1. The lowest BCUT2D eigenvalue weighted by Crippen LogP contribution is -2.26. The molecule has 1 unspecified atom stereocenters. The molecule has 3 rings (SSSR count). The van der Waals surface area contributed by atoms with Crippen LogP contribution in [0.2, 0.25) is 0 Å². The summed E-state index contributed by atoms with van der Waals surface area (Å²) in [6, 6.07) is 7.08. The predicted molar refractivity (Wildman–Crippen MR) is 90.2 cm³/mol. The molecule has 1 fully saturated rings. The monoisotopic (exact) mass is 344 g/mol. The van der Waals surface area contributed by atoms with Crippen molar-refractivity contribution in [3.63, 3.8) is 0 Å². The molecule has 0 aliphatic carbocycles. The van der Waals surface area contributed by atoms with E-state index in [2.05, 4.69) is 20.5 Å². The Kier molecular flexibility index (Phi) is 4.43. The van der Waals surface area contributed by atoms with Gasteiger partial charge in [-0.3, -0.25) is 14.6 Å². The molecule has 1 aliphatic heterocycles. The van der Waals surface area contributed by atoms with Crippen LogP contribution >= 0.6 is 11.8 Å². The second-order valence-corrected chi connectivity index (χ2v) is 6.11. The molecule has 1 aromatic heterocycles. The van der Waals surface area contributed by atoms with Gasteiger partial charge in [0.25, 0.3) is 0 Å². The van der Waals surface area contributed by atoms with E-state index >= 15 is 0 Å². The number of fused-ring (bicyclic) bond motifs is 1. The van der Waals surface area contributed by atoms with E-state index in [4.69, 9.17) is 5.11 Å². The number of carboxylic acid groups (broad SMARTS) is 1. The lowest BCUT2D eigenvalue weighted by Gasteiger charge is -2.02. The fraction of sp³-hybridized carbons (Fsp3) is 0.133. The Bertz CT molecular complexity index is 881. The molecule has 1 amide bonds. The highest BCUT2D eigenvalue weighted by atomic mass is 32.2. The van der Waals surface area contributed by atoms with Crippen LogP contribution in [0.1, 0.15) is 12.0 Å². The summed E-state index contributed by atoms with van der Waals surface area (Å²) < 4.78 is 0. The van der Waals surface area contributed by atoms with Crippen LogP contribution in [0.25, 0.3) is 10.9 Å². The number of amides is 1. The Labute approximate surface area is 140 Å². The second kappa shape index (κ2) is 6.67. The lowest BCUT2D eigenvalue weighted by atomic mass is 10.1. The number of thioether (sulfide) groups is 1. The van der Waals surface area contributed by atoms with Gasteiger partial charge in [-0.2, -0.15) is 5.10 Å². The number of hydrogen-bond acceptors (Lipinski definition) is 7. The maximum atomic E-state index is 11.6. The molecule has 0 spiro atoms. The minimum atomic E-state index is -1.05. The van der Waals surface area contributed by atoms with Crippen LogP contribution in [0.15, 0.2) is 40.7 Å². The molecule has 24 heavy (non-hydrogen) atoms. The highest BCUT2D eigenvalue weighted by Gasteiger charge is 2.32. The van der Waals surface area contributed by atoms with Crippen LogP contribution in [0, 0.1) is 0 Å². The Balaban J connectivity index is 1.76. The molecule has 1 aliphatic rings. The van der Waals surface area contributed by atoms with Crippen molar-refractivity contribution < 1.29 is 19.8 Å². The number of hydrogen-bond donors (Lipinski definition) is 3. The van der Waals surface area contributed by atoms with E-state index in [0.29, 0.717) is 11.1 Å². The van der Waals surface area contributed by atoms with Crippen LogP contribution < -0.4 is 5.32 Å². The van der Waals surface area contributed by atoms with Crippen LogP contribution in [-0.2, 0) is 9.59 Å². The molecule has 1 saturated heterocycles. The maximum absolute atomic E-state index is 11.6. The molecule has 1 atom stereocenters. The van der Waals surface area contributed by atoms with Crippen LogP contribution in [0.5, 0.6) is 5.75 Å². The van der Waals surface area contributed by atoms with Gasteiger partial charge in [0.2, 0.25) is 5.91 Å². The number of phenolic OH excluding ortho intramolecular Hbond substituents is 1. The zero-order valence-electron chi connectivity index (χ0n) is 12.2. The summed E-state index contributed by atoms with van der Waals surface area (Å²) in [4.78, 5) is 26.3. The highest BCUT2D eigenvalue weighted by Crippen LogP contribution is 2.26. The Morgan fingerprint density at radius 2 is 2.25 bits per heavy atom. The first-order valence-corrected chi connectivity index (χ1v) is 7.79. The first-order chi connectivity index (χ1) is 11.5. The number of aromatic nitrogens is 1. The quantitative estimate of drug-likeness (QED) is 0.568. The molecule has 2 heterocycles. The predicted octanol–water partition coefficient (Wildman–Crippen LogP) is 1.34. The van der Waals surface area contributed by atoms with E-state index in [9.17, 15) is 14.7 Å². The summed E-state index contributed by atoms with van der Waals surface area (Å²) in [5.41, 5.74) is 0.890. The third-order valence-electron chi connectivity index (χ3n) is 3.26. The molecule has 0 radical (unpaired) electrons. The zero-order valence-corrected chi connectivity index (χ0v) is 13.0. The van der Waals surface area contributed by atoms with Crippen molar-refractivity contribution in [2.45, 2.75) is 11.7 Å². The van der Waals surface area contributed by atoms with Crippen LogP contribution in [0.4, 0.5) is 0 Å². The molecule has 2 aromatic rings. The van der Waals surface area contributed by atoms with Crippen LogP contribution in [-0.4, -0.2) is 43.7 Å². The van der Waals surface area contributed by atoms with E-state index in [1.165, 1.54) is 6.21 Å². The average molecular weight is 344 g/mol. The molecule has 1 aromatic carbocycles. The highest BCUT2D eigenvalue weighted by molar-refractivity contribution is 8.15. The van der Waals surface area contributed by atoms with E-state index in [-0.39, 0.29) is 17.3 Å². The number of nitrogens with zero attached hydrogens (tertiary/aromatic N) is 3. The van der Waals surface area contributed by atoms with Gasteiger partial charge >= 0.3 is 5.97 Å². The van der Waals surface area contributed by atoms with Crippen molar-refractivity contribution in [1.82, 2.24) is 10.3 Å². The molecule has 9 heteroatoms. The molecule has 3 N–H and O–H groups in total. The van der Waals surface area contributed by atoms with Crippen LogP contribution in [0.3, 0.4) is 0 Å². The third kappa shape index (κ3) is 3.35. The van der Waals surface area contributed by atoms with Crippen molar-refractivity contribution in [2.24, 2.45) is 10.2 Å². The number of carbonyl (C=O) groups excluding carboxylic acids is 1. The van der Waals surface area contributed by atoms with Crippen molar-refractivity contribution in [2.75, 3.05) is 0 Å². The first-order valence-electron chi connectivity index (χ1n) is 6.91. The number of phenols is 1. The van der Waals surface area contributed by atoms with Gasteiger partial charge in [0.05, 0.1) is 12.6 Å². The Morgan fingerprint density at radius 3 is 3.04 bits per heavy atom. The van der Waals surface area contributed by atoms with E-state index in [0.717, 1.165) is 17.1 Å². The number of aliphatic carboxylic acids is 1. The fourth-order valence-electron chi connectivity index (χ4n) is 2.14. The summed E-state index contributed by atoms with van der Waals surface area (Å²) in [6.45, 7) is 0.